The third-order valence-electron chi connectivity index (χ3n) is 3.85. The van der Waals surface area contributed by atoms with E-state index in [0.29, 0.717) is 5.56 Å². The van der Waals surface area contributed by atoms with Gasteiger partial charge >= 0.3 is 13.1 Å². The molecule has 0 unspecified atom stereocenters. The van der Waals surface area contributed by atoms with Crippen LogP contribution >= 0.6 is 11.3 Å². The van der Waals surface area contributed by atoms with Crippen LogP contribution in [0, 0.1) is 0 Å². The third-order valence-corrected chi connectivity index (χ3v) is 4.52. The number of aromatic carboxylic acids is 1. The molecule has 0 fully saturated rings. The first kappa shape index (κ1) is 18.5. The van der Waals surface area contributed by atoms with Gasteiger partial charge < -0.3 is 36.1 Å². The molecule has 3 rings (SSSR count). The van der Waals surface area contributed by atoms with Crippen molar-refractivity contribution in [3.05, 3.63) is 34.3 Å². The maximum Gasteiger partial charge on any atom is 0.547 e. The van der Waals surface area contributed by atoms with Gasteiger partial charge in [0.1, 0.15) is 22.8 Å². The lowest BCUT2D eigenvalue weighted by molar-refractivity contribution is -0.115. The van der Waals surface area contributed by atoms with Crippen molar-refractivity contribution in [1.29, 1.82) is 0 Å². The van der Waals surface area contributed by atoms with Crippen molar-refractivity contribution >= 4 is 41.2 Å². The molecule has 1 aliphatic rings. The number of amides is 1. The van der Waals surface area contributed by atoms with Crippen LogP contribution in [0.1, 0.15) is 21.6 Å². The number of hydrogen-bond acceptors (Lipinski definition) is 10. The minimum Gasteiger partial charge on any atom is -0.534 e. The van der Waals surface area contributed by atoms with Crippen molar-refractivity contribution in [2.24, 2.45) is 5.16 Å². The number of aromatic hydroxyl groups is 1. The Bertz CT molecular complexity index is 948. The highest BCUT2D eigenvalue weighted by Crippen LogP contribution is 2.35. The van der Waals surface area contributed by atoms with Gasteiger partial charge in [-0.1, -0.05) is 11.2 Å². The Morgan fingerprint density at radius 1 is 1.44 bits per heavy atom. The van der Waals surface area contributed by atoms with E-state index in [4.69, 9.17) is 15.6 Å². The average Bonchev–Trinajstić information content (AvgIpc) is 3.02. The van der Waals surface area contributed by atoms with E-state index in [1.165, 1.54) is 17.5 Å². The van der Waals surface area contributed by atoms with Crippen LogP contribution in [0.5, 0.6) is 11.5 Å². The number of nitrogens with two attached hydrogens (primary N) is 1. The fraction of sp³-hybridized carbons (Fsp3) is 0.143. The first-order valence-corrected chi connectivity index (χ1v) is 8.37. The summed E-state index contributed by atoms with van der Waals surface area (Å²) in [6, 6.07) is 2.60. The number of carboxylic acid groups (broad SMARTS) is 1. The smallest absolute Gasteiger partial charge is 0.534 e. The second kappa shape index (κ2) is 7.13. The lowest BCUT2D eigenvalue weighted by Crippen LogP contribution is -2.54. The van der Waals surface area contributed by atoms with Crippen molar-refractivity contribution in [3.8, 4) is 11.5 Å². The van der Waals surface area contributed by atoms with E-state index in [-0.39, 0.29) is 23.0 Å². The predicted octanol–water partition coefficient (Wildman–Crippen LogP) is -0.553. The van der Waals surface area contributed by atoms with Crippen LogP contribution in [-0.2, 0) is 11.2 Å². The first-order valence-electron chi connectivity index (χ1n) is 7.49. The summed E-state index contributed by atoms with van der Waals surface area (Å²) >= 11 is 1.05. The topological polar surface area (TPSA) is 188 Å². The standard InChI is InChI=1S/C14H13BN4O7S/c16-14-17-6(4-27-14)10(19-25)12(21)18-8-3-5-1-2-7(20)9(13(22)23)11(5)26-15(8)24/h1-2,4,8,20,24-25H,3H2,(H2,16,17)(H,18,21)(H,22,23)/b19-10-/t8-/m0/s1. The number of oxime groups is 1. The largest absolute Gasteiger partial charge is 0.547 e. The summed E-state index contributed by atoms with van der Waals surface area (Å²) in [6.07, 6.45) is 0.0146. The molecule has 0 spiro atoms. The molecule has 1 aromatic carbocycles. The molecule has 2 aromatic rings. The number of carbonyl (C=O) groups is 2. The number of hydrogen-bond donors (Lipinski definition) is 6. The zero-order valence-corrected chi connectivity index (χ0v) is 14.3. The first-order chi connectivity index (χ1) is 12.8. The summed E-state index contributed by atoms with van der Waals surface area (Å²) in [7, 11) is -1.60. The number of rotatable bonds is 4. The Hall–Kier alpha value is -3.32. The molecule has 27 heavy (non-hydrogen) atoms. The van der Waals surface area contributed by atoms with E-state index in [1.54, 1.807) is 0 Å². The van der Waals surface area contributed by atoms with E-state index in [0.717, 1.165) is 11.3 Å². The molecule has 7 N–H and O–H groups in total. The predicted molar refractivity (Wildman–Crippen MR) is 94.2 cm³/mol. The fourth-order valence-corrected chi connectivity index (χ4v) is 3.17. The van der Waals surface area contributed by atoms with Crippen molar-refractivity contribution < 1.29 is 34.7 Å². The number of thiazole rings is 1. The number of benzene rings is 1. The van der Waals surface area contributed by atoms with Gasteiger partial charge in [0, 0.05) is 5.38 Å². The fourth-order valence-electron chi connectivity index (χ4n) is 2.63. The van der Waals surface area contributed by atoms with Crippen molar-refractivity contribution in [2.75, 3.05) is 5.73 Å². The highest BCUT2D eigenvalue weighted by Gasteiger charge is 2.39. The summed E-state index contributed by atoms with van der Waals surface area (Å²) in [5.74, 6) is -3.91. The van der Waals surface area contributed by atoms with E-state index in [1.807, 2.05) is 0 Å². The normalized spacial score (nSPS) is 16.4. The average molecular weight is 392 g/mol. The summed E-state index contributed by atoms with van der Waals surface area (Å²) < 4.78 is 5.21. The Kier molecular flexibility index (Phi) is 4.88. The molecule has 1 amide bonds. The van der Waals surface area contributed by atoms with Gasteiger partial charge in [-0.3, -0.25) is 4.79 Å². The van der Waals surface area contributed by atoms with E-state index in [9.17, 15) is 24.8 Å². The van der Waals surface area contributed by atoms with Gasteiger partial charge in [0.15, 0.2) is 10.8 Å². The minimum atomic E-state index is -1.60. The molecule has 13 heteroatoms. The highest BCUT2D eigenvalue weighted by molar-refractivity contribution is 7.13. The lowest BCUT2D eigenvalue weighted by atomic mass is 9.72. The van der Waals surface area contributed by atoms with Crippen molar-refractivity contribution in [3.63, 3.8) is 0 Å². The summed E-state index contributed by atoms with van der Waals surface area (Å²) in [5.41, 5.74) is 5.03. The van der Waals surface area contributed by atoms with Crippen LogP contribution in [0.15, 0.2) is 22.7 Å². The van der Waals surface area contributed by atoms with Gasteiger partial charge in [-0.15, -0.1) is 11.3 Å². The van der Waals surface area contributed by atoms with Crippen molar-refractivity contribution in [1.82, 2.24) is 10.3 Å². The molecule has 0 saturated heterocycles. The van der Waals surface area contributed by atoms with Gasteiger partial charge in [-0.2, -0.15) is 0 Å². The molecule has 1 aromatic heterocycles. The summed E-state index contributed by atoms with van der Waals surface area (Å²) in [6.45, 7) is 0. The Balaban J connectivity index is 1.83. The number of aromatic nitrogens is 1. The van der Waals surface area contributed by atoms with E-state index < -0.39 is 42.0 Å². The van der Waals surface area contributed by atoms with E-state index >= 15 is 0 Å². The van der Waals surface area contributed by atoms with Gasteiger partial charge in [0.2, 0.25) is 0 Å². The Labute approximate surface area is 155 Å². The van der Waals surface area contributed by atoms with Crippen molar-refractivity contribution in [2.45, 2.75) is 12.4 Å². The number of fused-ring (bicyclic) bond motifs is 1. The summed E-state index contributed by atoms with van der Waals surface area (Å²) in [5, 5.41) is 45.1. The van der Waals surface area contributed by atoms with E-state index in [2.05, 4.69) is 15.5 Å². The van der Waals surface area contributed by atoms with Gasteiger partial charge in [0.25, 0.3) is 5.91 Å². The number of nitrogens with zero attached hydrogens (tertiary/aromatic N) is 2. The maximum absolute atomic E-state index is 12.4. The van der Waals surface area contributed by atoms with Crippen LogP contribution in [0.2, 0.25) is 0 Å². The monoisotopic (exact) mass is 392 g/mol. The van der Waals surface area contributed by atoms with Crippen LogP contribution in [0.25, 0.3) is 0 Å². The molecule has 0 bridgehead atoms. The molecule has 11 nitrogen and oxygen atoms in total. The zero-order valence-electron chi connectivity index (χ0n) is 13.5. The van der Waals surface area contributed by atoms with Crippen LogP contribution in [0.4, 0.5) is 5.13 Å². The molecule has 1 atom stereocenters. The molecule has 0 saturated carbocycles. The minimum absolute atomic E-state index is 0.0146. The second-order valence-electron chi connectivity index (χ2n) is 5.57. The summed E-state index contributed by atoms with van der Waals surface area (Å²) in [4.78, 5) is 27.5. The quantitative estimate of drug-likeness (QED) is 0.172. The second-order valence-corrected chi connectivity index (χ2v) is 6.45. The molecular formula is C14H13BN4O7S. The zero-order chi connectivity index (χ0) is 19.7. The number of nitrogens with one attached hydrogen (secondary N) is 1. The molecule has 0 aliphatic carbocycles. The van der Waals surface area contributed by atoms with Gasteiger partial charge in [-0.25, -0.2) is 9.78 Å². The molecule has 1 aliphatic heterocycles. The number of carbonyl (C=O) groups excluding carboxylic acids is 1. The molecule has 2 heterocycles. The Morgan fingerprint density at radius 3 is 2.78 bits per heavy atom. The Morgan fingerprint density at radius 2 is 2.19 bits per heavy atom. The molecule has 140 valence electrons. The van der Waals surface area contributed by atoms with Crippen LogP contribution < -0.4 is 15.7 Å². The lowest BCUT2D eigenvalue weighted by Gasteiger charge is -2.29. The third kappa shape index (κ3) is 3.50. The molecular weight excluding hydrogens is 379 g/mol. The maximum atomic E-state index is 12.4. The number of phenols is 1. The number of carboxylic acids is 1. The molecule has 0 radical (unpaired) electrons. The SMILES string of the molecule is Nc1nc(/C(=N/O)C(=O)N[C@H]2Cc3ccc(O)c(C(=O)O)c3OB2O)cs1. The van der Waals surface area contributed by atoms with Crippen LogP contribution in [-0.4, -0.2) is 56.1 Å². The number of anilines is 1. The number of nitrogen functional groups attached to an aromatic ring is 1. The highest BCUT2D eigenvalue weighted by atomic mass is 32.1. The van der Waals surface area contributed by atoms with Gasteiger partial charge in [0.05, 0.1) is 5.94 Å². The van der Waals surface area contributed by atoms with Crippen LogP contribution in [0.3, 0.4) is 0 Å². The van der Waals surface area contributed by atoms with Gasteiger partial charge in [-0.05, 0) is 18.1 Å².